The van der Waals surface area contributed by atoms with E-state index in [2.05, 4.69) is 0 Å². The van der Waals surface area contributed by atoms with Gasteiger partial charge in [-0.1, -0.05) is 43.0 Å². The standard InChI is InChI=1S/C14H15ClF2O2/c15-11-8-9(12(16)17)4-5-10(11)14(13(18)19)6-2-1-3-7-14/h4-5,8,12H,1-3,6-7H2,(H,18,19). The number of alkyl halides is 2. The van der Waals surface area contributed by atoms with Crippen LogP contribution in [0.25, 0.3) is 0 Å². The first-order valence-corrected chi connectivity index (χ1v) is 6.66. The number of carbonyl (C=O) groups is 1. The number of hydrogen-bond donors (Lipinski definition) is 1. The summed E-state index contributed by atoms with van der Waals surface area (Å²) in [5.74, 6) is -0.918. The summed E-state index contributed by atoms with van der Waals surface area (Å²) in [6.07, 6.45) is 1.06. The van der Waals surface area contributed by atoms with Gasteiger partial charge in [-0.15, -0.1) is 0 Å². The third kappa shape index (κ3) is 2.59. The summed E-state index contributed by atoms with van der Waals surface area (Å²) < 4.78 is 25.2. The summed E-state index contributed by atoms with van der Waals surface area (Å²) >= 11 is 6.04. The highest BCUT2D eigenvalue weighted by Crippen LogP contribution is 2.43. The van der Waals surface area contributed by atoms with E-state index >= 15 is 0 Å². The van der Waals surface area contributed by atoms with Crippen LogP contribution < -0.4 is 0 Å². The van der Waals surface area contributed by atoms with E-state index in [9.17, 15) is 18.7 Å². The van der Waals surface area contributed by atoms with Crippen molar-refractivity contribution >= 4 is 17.6 Å². The molecule has 0 aliphatic heterocycles. The van der Waals surface area contributed by atoms with Gasteiger partial charge in [-0.2, -0.15) is 0 Å². The Morgan fingerprint density at radius 1 is 1.26 bits per heavy atom. The quantitative estimate of drug-likeness (QED) is 0.885. The van der Waals surface area contributed by atoms with Crippen molar-refractivity contribution in [3.63, 3.8) is 0 Å². The monoisotopic (exact) mass is 288 g/mol. The van der Waals surface area contributed by atoms with Gasteiger partial charge >= 0.3 is 5.97 Å². The first kappa shape index (κ1) is 14.3. The van der Waals surface area contributed by atoms with Gasteiger partial charge in [-0.25, -0.2) is 8.78 Å². The Balaban J connectivity index is 2.45. The maximum absolute atomic E-state index is 12.6. The zero-order valence-corrected chi connectivity index (χ0v) is 11.1. The molecule has 1 fully saturated rings. The third-order valence-electron chi connectivity index (χ3n) is 3.88. The van der Waals surface area contributed by atoms with Crippen LogP contribution in [0.5, 0.6) is 0 Å². The van der Waals surface area contributed by atoms with Crippen molar-refractivity contribution in [2.75, 3.05) is 0 Å². The lowest BCUT2D eigenvalue weighted by atomic mass is 9.69. The Labute approximate surface area is 115 Å². The maximum atomic E-state index is 12.6. The van der Waals surface area contributed by atoms with Crippen molar-refractivity contribution in [2.24, 2.45) is 0 Å². The lowest BCUT2D eigenvalue weighted by molar-refractivity contribution is -0.145. The van der Waals surface area contributed by atoms with Gasteiger partial charge in [0.2, 0.25) is 0 Å². The van der Waals surface area contributed by atoms with E-state index in [4.69, 9.17) is 11.6 Å². The average Bonchev–Trinajstić information content (AvgIpc) is 2.39. The molecule has 0 bridgehead atoms. The zero-order chi connectivity index (χ0) is 14.0. The molecule has 0 heterocycles. The number of rotatable bonds is 3. The summed E-state index contributed by atoms with van der Waals surface area (Å²) in [4.78, 5) is 11.6. The highest BCUT2D eigenvalue weighted by molar-refractivity contribution is 6.31. The lowest BCUT2D eigenvalue weighted by Gasteiger charge is -2.34. The van der Waals surface area contributed by atoms with E-state index in [1.807, 2.05) is 0 Å². The van der Waals surface area contributed by atoms with Crippen molar-refractivity contribution in [1.82, 2.24) is 0 Å². The van der Waals surface area contributed by atoms with Crippen molar-refractivity contribution in [3.8, 4) is 0 Å². The molecule has 104 valence electrons. The predicted molar refractivity (Wildman–Crippen MR) is 68.8 cm³/mol. The van der Waals surface area contributed by atoms with Gasteiger partial charge in [-0.3, -0.25) is 4.79 Å². The lowest BCUT2D eigenvalue weighted by Crippen LogP contribution is -2.38. The van der Waals surface area contributed by atoms with E-state index in [1.165, 1.54) is 18.2 Å². The molecule has 0 amide bonds. The Hall–Kier alpha value is -1.16. The molecule has 1 aromatic carbocycles. The molecule has 19 heavy (non-hydrogen) atoms. The molecule has 2 nitrogen and oxygen atoms in total. The third-order valence-corrected chi connectivity index (χ3v) is 4.19. The number of carboxylic acid groups (broad SMARTS) is 1. The molecule has 0 atom stereocenters. The van der Waals surface area contributed by atoms with Crippen LogP contribution >= 0.6 is 11.6 Å². The van der Waals surface area contributed by atoms with Gasteiger partial charge in [0.25, 0.3) is 6.43 Å². The first-order valence-electron chi connectivity index (χ1n) is 6.29. The van der Waals surface area contributed by atoms with Gasteiger partial charge < -0.3 is 5.11 Å². The maximum Gasteiger partial charge on any atom is 0.314 e. The van der Waals surface area contributed by atoms with Gasteiger partial charge in [0, 0.05) is 10.6 Å². The fourth-order valence-corrected chi connectivity index (χ4v) is 3.18. The fourth-order valence-electron chi connectivity index (χ4n) is 2.81. The van der Waals surface area contributed by atoms with Crippen molar-refractivity contribution in [1.29, 1.82) is 0 Å². The minimum atomic E-state index is -2.60. The van der Waals surface area contributed by atoms with E-state index in [0.29, 0.717) is 18.4 Å². The van der Waals surface area contributed by atoms with Crippen molar-refractivity contribution in [3.05, 3.63) is 34.3 Å². The molecule has 0 spiro atoms. The highest BCUT2D eigenvalue weighted by atomic mass is 35.5. The predicted octanol–water partition coefficient (Wildman–Crippen LogP) is 4.56. The average molecular weight is 289 g/mol. The van der Waals surface area contributed by atoms with Gasteiger partial charge in [-0.05, 0) is 24.5 Å². The number of halogens is 3. The van der Waals surface area contributed by atoms with Crippen LogP contribution in [0.3, 0.4) is 0 Å². The van der Waals surface area contributed by atoms with Gasteiger partial charge in [0.05, 0.1) is 5.41 Å². The minimum Gasteiger partial charge on any atom is -0.481 e. The number of benzene rings is 1. The summed E-state index contributed by atoms with van der Waals surface area (Å²) in [5, 5.41) is 9.67. The Kier molecular flexibility index (Phi) is 4.09. The second-order valence-corrected chi connectivity index (χ2v) is 5.40. The second kappa shape index (κ2) is 5.45. The molecular formula is C14H15ClF2O2. The first-order chi connectivity index (χ1) is 8.97. The molecular weight excluding hydrogens is 274 g/mol. The van der Waals surface area contributed by atoms with Crippen LogP contribution in [-0.2, 0) is 10.2 Å². The molecule has 2 rings (SSSR count). The summed E-state index contributed by atoms with van der Waals surface area (Å²) in [6.45, 7) is 0. The van der Waals surface area contributed by atoms with Crippen LogP contribution in [0.1, 0.15) is 49.7 Å². The topological polar surface area (TPSA) is 37.3 Å². The van der Waals surface area contributed by atoms with Crippen molar-refractivity contribution in [2.45, 2.75) is 43.9 Å². The van der Waals surface area contributed by atoms with Gasteiger partial charge in [0.15, 0.2) is 0 Å². The Morgan fingerprint density at radius 3 is 2.37 bits per heavy atom. The SMILES string of the molecule is O=C(O)C1(c2ccc(C(F)F)cc2Cl)CCCCC1. The van der Waals surface area contributed by atoms with Crippen LogP contribution in [0.2, 0.25) is 5.02 Å². The highest BCUT2D eigenvalue weighted by Gasteiger charge is 2.42. The van der Waals surface area contributed by atoms with E-state index in [-0.39, 0.29) is 10.6 Å². The molecule has 1 aromatic rings. The summed E-state index contributed by atoms with van der Waals surface area (Å²) in [7, 11) is 0. The van der Waals surface area contributed by atoms with Crippen LogP contribution in [0, 0.1) is 0 Å². The molecule has 0 saturated heterocycles. The normalized spacial score (nSPS) is 18.5. The molecule has 1 saturated carbocycles. The van der Waals surface area contributed by atoms with Gasteiger partial charge in [0.1, 0.15) is 0 Å². The largest absolute Gasteiger partial charge is 0.481 e. The molecule has 1 aliphatic carbocycles. The minimum absolute atomic E-state index is 0.127. The molecule has 0 unspecified atom stereocenters. The number of aliphatic carboxylic acids is 1. The fraction of sp³-hybridized carbons (Fsp3) is 0.500. The molecule has 0 aromatic heterocycles. The smallest absolute Gasteiger partial charge is 0.314 e. The molecule has 5 heteroatoms. The van der Waals surface area contributed by atoms with Crippen molar-refractivity contribution < 1.29 is 18.7 Å². The van der Waals surface area contributed by atoms with Crippen LogP contribution in [0.15, 0.2) is 18.2 Å². The van der Waals surface area contributed by atoms with Crippen LogP contribution in [0.4, 0.5) is 8.78 Å². The molecule has 1 N–H and O–H groups in total. The zero-order valence-electron chi connectivity index (χ0n) is 10.3. The second-order valence-electron chi connectivity index (χ2n) is 4.99. The summed E-state index contributed by atoms with van der Waals surface area (Å²) in [5.41, 5.74) is -0.730. The summed E-state index contributed by atoms with van der Waals surface area (Å²) in [6, 6.07) is 3.90. The van der Waals surface area contributed by atoms with Crippen LogP contribution in [-0.4, -0.2) is 11.1 Å². The Bertz CT molecular complexity index is 482. The number of hydrogen-bond acceptors (Lipinski definition) is 1. The van der Waals surface area contributed by atoms with E-state index in [0.717, 1.165) is 19.3 Å². The molecule has 0 radical (unpaired) electrons. The van der Waals surface area contributed by atoms with E-state index < -0.39 is 17.8 Å². The number of carboxylic acids is 1. The Morgan fingerprint density at radius 2 is 1.89 bits per heavy atom. The molecule has 1 aliphatic rings. The van der Waals surface area contributed by atoms with E-state index in [1.54, 1.807) is 0 Å².